The highest BCUT2D eigenvalue weighted by Crippen LogP contribution is 2.34. The van der Waals surface area contributed by atoms with Crippen LogP contribution in [0.15, 0.2) is 42.5 Å². The van der Waals surface area contributed by atoms with Gasteiger partial charge in [0.25, 0.3) is 0 Å². The zero-order chi connectivity index (χ0) is 18.5. The Morgan fingerprint density at radius 2 is 1.58 bits per heavy atom. The van der Waals surface area contributed by atoms with E-state index in [1.54, 1.807) is 12.1 Å². The molecule has 2 atom stereocenters. The van der Waals surface area contributed by atoms with Crippen molar-refractivity contribution >= 4 is 11.4 Å². The van der Waals surface area contributed by atoms with Crippen LogP contribution in [0.5, 0.6) is 17.2 Å². The third kappa shape index (κ3) is 4.41. The first-order chi connectivity index (χ1) is 12.5. The minimum absolute atomic E-state index is 0.0642. The van der Waals surface area contributed by atoms with Gasteiger partial charge in [-0.05, 0) is 64.0 Å². The maximum Gasteiger partial charge on any atom is 0.169 e. The number of nitrogen functional groups attached to an aromatic ring is 2. The first-order valence-corrected chi connectivity index (χ1v) is 9.37. The number of hydrogen-bond donors (Lipinski definition) is 2. The molecule has 5 nitrogen and oxygen atoms in total. The van der Waals surface area contributed by atoms with E-state index in [0.717, 1.165) is 18.8 Å². The summed E-state index contributed by atoms with van der Waals surface area (Å²) in [7, 11) is 0. The van der Waals surface area contributed by atoms with Gasteiger partial charge in [-0.15, -0.1) is 0 Å². The Bertz CT molecular complexity index is 729. The van der Waals surface area contributed by atoms with Crippen molar-refractivity contribution in [3.63, 3.8) is 0 Å². The molecule has 0 aliphatic carbocycles. The maximum atomic E-state index is 6.26. The monoisotopic (exact) mass is 355 g/mol. The summed E-state index contributed by atoms with van der Waals surface area (Å²) in [6.07, 6.45) is 3.94. The molecule has 0 radical (unpaired) electrons. The molecule has 4 N–H and O–H groups in total. The van der Waals surface area contributed by atoms with E-state index >= 15 is 0 Å². The van der Waals surface area contributed by atoms with Crippen LogP contribution in [0.4, 0.5) is 11.4 Å². The van der Waals surface area contributed by atoms with E-state index in [0.29, 0.717) is 28.9 Å². The van der Waals surface area contributed by atoms with E-state index < -0.39 is 0 Å². The summed E-state index contributed by atoms with van der Waals surface area (Å²) >= 11 is 0. The molecule has 0 aromatic heterocycles. The third-order valence-corrected chi connectivity index (χ3v) is 5.09. The molecule has 1 fully saturated rings. The summed E-state index contributed by atoms with van der Waals surface area (Å²) in [6.45, 7) is 6.66. The maximum absolute atomic E-state index is 6.26. The molecule has 1 saturated heterocycles. The first-order valence-electron chi connectivity index (χ1n) is 9.37. The zero-order valence-electron chi connectivity index (χ0n) is 15.7. The van der Waals surface area contributed by atoms with Crippen LogP contribution in [0.2, 0.25) is 0 Å². The lowest BCUT2D eigenvalue weighted by atomic mass is 10.1. The second-order valence-corrected chi connectivity index (χ2v) is 7.00. The molecule has 1 aliphatic rings. The summed E-state index contributed by atoms with van der Waals surface area (Å²) in [6, 6.07) is 13.4. The van der Waals surface area contributed by atoms with Crippen LogP contribution in [0.3, 0.4) is 0 Å². The number of nitrogens with two attached hydrogens (primary N) is 2. The summed E-state index contributed by atoms with van der Waals surface area (Å²) in [4.78, 5) is 2.51. The number of likely N-dealkylation sites (tertiary alicyclic amines) is 1. The lowest BCUT2D eigenvalue weighted by Gasteiger charge is -2.35. The van der Waals surface area contributed by atoms with E-state index in [1.165, 1.54) is 19.3 Å². The van der Waals surface area contributed by atoms with Gasteiger partial charge in [-0.2, -0.15) is 0 Å². The van der Waals surface area contributed by atoms with Gasteiger partial charge in [0, 0.05) is 12.1 Å². The minimum atomic E-state index is 0.0642. The van der Waals surface area contributed by atoms with Gasteiger partial charge in [0.15, 0.2) is 11.5 Å². The number of benzene rings is 2. The lowest BCUT2D eigenvalue weighted by molar-refractivity contribution is 0.0725. The molecule has 2 unspecified atom stereocenters. The van der Waals surface area contributed by atoms with Gasteiger partial charge in [-0.1, -0.05) is 18.6 Å². The van der Waals surface area contributed by atoms with Crippen molar-refractivity contribution in [2.75, 3.05) is 24.6 Å². The third-order valence-electron chi connectivity index (χ3n) is 5.09. The van der Waals surface area contributed by atoms with E-state index in [2.05, 4.69) is 18.7 Å². The van der Waals surface area contributed by atoms with E-state index in [9.17, 15) is 0 Å². The van der Waals surface area contributed by atoms with Crippen LogP contribution >= 0.6 is 0 Å². The molecular weight excluding hydrogens is 326 g/mol. The molecule has 3 rings (SSSR count). The average Bonchev–Trinajstić information content (AvgIpc) is 2.66. The van der Waals surface area contributed by atoms with Gasteiger partial charge in [0.05, 0.1) is 11.4 Å². The van der Waals surface area contributed by atoms with Gasteiger partial charge < -0.3 is 20.9 Å². The highest BCUT2D eigenvalue weighted by Gasteiger charge is 2.23. The number of piperidine rings is 1. The van der Waals surface area contributed by atoms with Crippen molar-refractivity contribution in [1.29, 1.82) is 0 Å². The normalized spacial score (nSPS) is 17.5. The van der Waals surface area contributed by atoms with Crippen LogP contribution in [0, 0.1) is 0 Å². The number of ether oxygens (including phenoxy) is 2. The van der Waals surface area contributed by atoms with E-state index in [1.807, 2.05) is 30.3 Å². The second kappa shape index (κ2) is 8.32. The Morgan fingerprint density at radius 1 is 0.885 bits per heavy atom. The van der Waals surface area contributed by atoms with E-state index in [4.69, 9.17) is 20.9 Å². The van der Waals surface area contributed by atoms with Crippen LogP contribution in [0.1, 0.15) is 33.1 Å². The number of hydrogen-bond acceptors (Lipinski definition) is 5. The molecular formula is C21H29N3O2. The van der Waals surface area contributed by atoms with Crippen molar-refractivity contribution < 1.29 is 9.47 Å². The van der Waals surface area contributed by atoms with Gasteiger partial charge in [-0.3, -0.25) is 4.90 Å². The van der Waals surface area contributed by atoms with Gasteiger partial charge in [0.1, 0.15) is 11.9 Å². The van der Waals surface area contributed by atoms with E-state index in [-0.39, 0.29) is 6.10 Å². The van der Waals surface area contributed by atoms with Crippen molar-refractivity contribution in [2.24, 2.45) is 0 Å². The van der Waals surface area contributed by atoms with Gasteiger partial charge in [0.2, 0.25) is 0 Å². The standard InChI is InChI=1S/C21H29N3O2/c1-15(24-12-6-3-7-13-24)16(2)25-20-8-4-5-9-21(20)26-17-10-11-18(22)19(23)14-17/h4-5,8-11,14-16H,3,6-7,12-13,22-23H2,1-2H3. The Kier molecular flexibility index (Phi) is 5.89. The smallest absolute Gasteiger partial charge is 0.169 e. The van der Waals surface area contributed by atoms with Gasteiger partial charge >= 0.3 is 0 Å². The van der Waals surface area contributed by atoms with Crippen molar-refractivity contribution in [3.05, 3.63) is 42.5 Å². The second-order valence-electron chi connectivity index (χ2n) is 7.00. The highest BCUT2D eigenvalue weighted by molar-refractivity contribution is 5.65. The van der Waals surface area contributed by atoms with Crippen LogP contribution in [-0.4, -0.2) is 30.1 Å². The summed E-state index contributed by atoms with van der Waals surface area (Å²) in [5.41, 5.74) is 12.7. The fourth-order valence-electron chi connectivity index (χ4n) is 3.30. The Hall–Kier alpha value is -2.40. The fraction of sp³-hybridized carbons (Fsp3) is 0.429. The first kappa shape index (κ1) is 18.4. The Balaban J connectivity index is 1.70. The van der Waals surface area contributed by atoms with Crippen LogP contribution in [0.25, 0.3) is 0 Å². The SMILES string of the molecule is CC(Oc1ccccc1Oc1ccc(N)c(N)c1)C(C)N1CCCCC1. The number of rotatable bonds is 6. The summed E-state index contributed by atoms with van der Waals surface area (Å²) < 4.78 is 12.3. The molecule has 0 saturated carbocycles. The number of nitrogens with zero attached hydrogens (tertiary/aromatic N) is 1. The number of anilines is 2. The minimum Gasteiger partial charge on any atom is -0.485 e. The molecule has 1 aliphatic heterocycles. The van der Waals surface area contributed by atoms with Crippen LogP contribution in [-0.2, 0) is 0 Å². The summed E-state index contributed by atoms with van der Waals surface area (Å²) in [5.74, 6) is 2.05. The Morgan fingerprint density at radius 3 is 2.27 bits per heavy atom. The van der Waals surface area contributed by atoms with Crippen LogP contribution < -0.4 is 20.9 Å². The fourth-order valence-corrected chi connectivity index (χ4v) is 3.30. The molecule has 26 heavy (non-hydrogen) atoms. The topological polar surface area (TPSA) is 73.7 Å². The van der Waals surface area contributed by atoms with Gasteiger partial charge in [-0.25, -0.2) is 0 Å². The molecule has 0 spiro atoms. The Labute approximate surface area is 155 Å². The van der Waals surface area contributed by atoms with Crippen molar-refractivity contribution in [1.82, 2.24) is 4.90 Å². The largest absolute Gasteiger partial charge is 0.485 e. The quantitative estimate of drug-likeness (QED) is 0.756. The average molecular weight is 355 g/mol. The molecule has 0 amide bonds. The highest BCUT2D eigenvalue weighted by atomic mass is 16.5. The molecule has 2 aromatic carbocycles. The predicted molar refractivity (Wildman–Crippen MR) is 107 cm³/mol. The zero-order valence-corrected chi connectivity index (χ0v) is 15.7. The van der Waals surface area contributed by atoms with Crippen molar-refractivity contribution in [2.45, 2.75) is 45.3 Å². The summed E-state index contributed by atoms with van der Waals surface area (Å²) in [5, 5.41) is 0. The molecule has 5 heteroatoms. The number of para-hydroxylation sites is 2. The molecule has 1 heterocycles. The molecule has 2 aromatic rings. The lowest BCUT2D eigenvalue weighted by Crippen LogP contribution is -2.45. The molecule has 140 valence electrons. The predicted octanol–water partition coefficient (Wildman–Crippen LogP) is 4.29. The molecule has 0 bridgehead atoms. The van der Waals surface area contributed by atoms with Crippen molar-refractivity contribution in [3.8, 4) is 17.2 Å².